The van der Waals surface area contributed by atoms with Crippen molar-refractivity contribution in [2.24, 2.45) is 0 Å². The van der Waals surface area contributed by atoms with Crippen LogP contribution in [0.25, 0.3) is 98.9 Å². The van der Waals surface area contributed by atoms with E-state index in [0.717, 1.165) is 77.3 Å². The molecule has 0 amide bonds. The van der Waals surface area contributed by atoms with Gasteiger partial charge in [-0.2, -0.15) is 0 Å². The van der Waals surface area contributed by atoms with Crippen LogP contribution in [0, 0.1) is 0 Å². The van der Waals surface area contributed by atoms with Crippen molar-refractivity contribution in [2.45, 2.75) is 0 Å². The van der Waals surface area contributed by atoms with E-state index in [4.69, 9.17) is 8.83 Å². The van der Waals surface area contributed by atoms with Crippen LogP contribution in [0.1, 0.15) is 0 Å². The standard InChI is InChI=1S/C42H24N2O2/c1-5-13-35-27(9-1)31-21-23-33-29-11-3-7-15-37(29)45-41(33)39(31)43(35)25-17-19-26(20-18-25)44-36-14-6-2-10-28(36)32-22-24-34-30-12-4-8-16-38(30)46-42(34)40(32)44/h1-24H. The third-order valence-corrected chi connectivity index (χ3v) is 9.73. The molecule has 0 saturated carbocycles. The first-order chi connectivity index (χ1) is 22.8. The molecule has 214 valence electrons. The van der Waals surface area contributed by atoms with E-state index < -0.39 is 0 Å². The fraction of sp³-hybridized carbons (Fsp3) is 0. The highest BCUT2D eigenvalue weighted by molar-refractivity contribution is 6.23. The maximum absolute atomic E-state index is 6.57. The van der Waals surface area contributed by atoms with Gasteiger partial charge in [0.15, 0.2) is 11.2 Å². The molecule has 4 heterocycles. The third kappa shape index (κ3) is 3.03. The van der Waals surface area contributed by atoms with Gasteiger partial charge >= 0.3 is 0 Å². The summed E-state index contributed by atoms with van der Waals surface area (Å²) in [4.78, 5) is 0. The van der Waals surface area contributed by atoms with Gasteiger partial charge in [-0.05, 0) is 60.7 Å². The minimum absolute atomic E-state index is 0.903. The second kappa shape index (κ2) is 8.68. The zero-order valence-corrected chi connectivity index (χ0v) is 24.6. The number of nitrogens with zero attached hydrogens (tertiary/aromatic N) is 2. The van der Waals surface area contributed by atoms with E-state index in [0.29, 0.717) is 0 Å². The summed E-state index contributed by atoms with van der Waals surface area (Å²) in [6.45, 7) is 0. The Morgan fingerprint density at radius 2 is 0.674 bits per heavy atom. The zero-order chi connectivity index (χ0) is 29.9. The highest BCUT2D eigenvalue weighted by Crippen LogP contribution is 2.42. The molecule has 0 atom stereocenters. The van der Waals surface area contributed by atoms with Crippen molar-refractivity contribution in [3.05, 3.63) is 146 Å². The Labute approximate surface area is 261 Å². The van der Waals surface area contributed by atoms with Crippen LogP contribution in [0.3, 0.4) is 0 Å². The van der Waals surface area contributed by atoms with Crippen molar-refractivity contribution in [2.75, 3.05) is 0 Å². The van der Waals surface area contributed by atoms with Gasteiger partial charge in [-0.25, -0.2) is 0 Å². The van der Waals surface area contributed by atoms with Gasteiger partial charge in [0.05, 0.1) is 22.1 Å². The Bertz CT molecular complexity index is 2810. The second-order valence-electron chi connectivity index (χ2n) is 12.1. The average Bonchev–Trinajstić information content (AvgIpc) is 3.86. The summed E-state index contributed by atoms with van der Waals surface area (Å²) >= 11 is 0. The molecule has 7 aromatic carbocycles. The lowest BCUT2D eigenvalue weighted by atomic mass is 10.1. The van der Waals surface area contributed by atoms with E-state index in [-0.39, 0.29) is 0 Å². The number of rotatable bonds is 2. The van der Waals surface area contributed by atoms with Gasteiger partial charge in [0.2, 0.25) is 0 Å². The molecule has 4 nitrogen and oxygen atoms in total. The van der Waals surface area contributed by atoms with Crippen LogP contribution in [0.15, 0.2) is 154 Å². The zero-order valence-electron chi connectivity index (χ0n) is 24.6. The van der Waals surface area contributed by atoms with Crippen molar-refractivity contribution in [3.63, 3.8) is 0 Å². The molecule has 0 unspecified atom stereocenters. The summed E-state index contributed by atoms with van der Waals surface area (Å²) in [5.41, 5.74) is 10.3. The molecule has 11 rings (SSSR count). The molecule has 0 N–H and O–H groups in total. The summed E-state index contributed by atoms with van der Waals surface area (Å²) in [7, 11) is 0. The fourth-order valence-electron chi connectivity index (χ4n) is 7.75. The number of fused-ring (bicyclic) bond motifs is 14. The molecule has 4 aromatic heterocycles. The average molecular weight is 589 g/mol. The van der Waals surface area contributed by atoms with Crippen LogP contribution in [-0.2, 0) is 0 Å². The Balaban J connectivity index is 1.20. The molecule has 0 radical (unpaired) electrons. The van der Waals surface area contributed by atoms with Gasteiger partial charge in [-0.3, -0.25) is 0 Å². The van der Waals surface area contributed by atoms with Crippen LogP contribution < -0.4 is 0 Å². The van der Waals surface area contributed by atoms with Crippen molar-refractivity contribution in [3.8, 4) is 11.4 Å². The van der Waals surface area contributed by atoms with Crippen LogP contribution >= 0.6 is 0 Å². The summed E-state index contributed by atoms with van der Waals surface area (Å²) in [5.74, 6) is 0. The largest absolute Gasteiger partial charge is 0.454 e. The van der Waals surface area contributed by atoms with Gasteiger partial charge in [0, 0.05) is 54.5 Å². The molecule has 0 spiro atoms. The van der Waals surface area contributed by atoms with Crippen molar-refractivity contribution >= 4 is 87.5 Å². The van der Waals surface area contributed by atoms with Gasteiger partial charge in [0.25, 0.3) is 0 Å². The smallest absolute Gasteiger partial charge is 0.160 e. The summed E-state index contributed by atoms with van der Waals surface area (Å²) in [6.07, 6.45) is 0. The predicted octanol–water partition coefficient (Wildman–Crippen LogP) is 11.7. The van der Waals surface area contributed by atoms with Gasteiger partial charge in [0.1, 0.15) is 11.2 Å². The SMILES string of the molecule is c1ccc2c(c1)oc1c2ccc2c3ccccc3n(-c3ccc(-n4c5ccccc5c5ccc6c7ccccc7oc6c54)cc3)c21. The predicted molar refractivity (Wildman–Crippen MR) is 190 cm³/mol. The van der Waals surface area contributed by atoms with E-state index in [9.17, 15) is 0 Å². The number of para-hydroxylation sites is 4. The summed E-state index contributed by atoms with van der Waals surface area (Å²) in [6, 6.07) is 51.6. The molecule has 4 heteroatoms. The fourth-order valence-corrected chi connectivity index (χ4v) is 7.75. The number of benzene rings is 7. The van der Waals surface area contributed by atoms with E-state index in [1.165, 1.54) is 21.5 Å². The van der Waals surface area contributed by atoms with E-state index in [1.807, 2.05) is 24.3 Å². The normalized spacial score (nSPS) is 12.3. The molecule has 0 aliphatic heterocycles. The summed E-state index contributed by atoms with van der Waals surface area (Å²) < 4.78 is 17.8. The first kappa shape index (κ1) is 24.1. The second-order valence-corrected chi connectivity index (χ2v) is 12.1. The van der Waals surface area contributed by atoms with Crippen LogP contribution in [0.2, 0.25) is 0 Å². The molecule has 0 saturated heterocycles. The highest BCUT2D eigenvalue weighted by atomic mass is 16.3. The Hall–Kier alpha value is -6.26. The molecule has 46 heavy (non-hydrogen) atoms. The number of hydrogen-bond donors (Lipinski definition) is 0. The van der Waals surface area contributed by atoms with Gasteiger partial charge in [-0.1, -0.05) is 84.9 Å². The Morgan fingerprint density at radius 1 is 0.304 bits per heavy atom. The maximum atomic E-state index is 6.57. The van der Waals surface area contributed by atoms with Crippen molar-refractivity contribution < 1.29 is 8.83 Å². The Kier molecular flexibility index (Phi) is 4.55. The lowest BCUT2D eigenvalue weighted by Gasteiger charge is -2.12. The van der Waals surface area contributed by atoms with Crippen molar-refractivity contribution in [1.82, 2.24) is 9.13 Å². The van der Waals surface area contributed by atoms with Gasteiger partial charge in [-0.15, -0.1) is 0 Å². The summed E-state index contributed by atoms with van der Waals surface area (Å²) in [5, 5.41) is 9.30. The van der Waals surface area contributed by atoms with Gasteiger partial charge < -0.3 is 18.0 Å². The molecular formula is C42H24N2O2. The monoisotopic (exact) mass is 588 g/mol. The first-order valence-corrected chi connectivity index (χ1v) is 15.6. The van der Waals surface area contributed by atoms with E-state index in [1.54, 1.807) is 0 Å². The molecule has 11 aromatic rings. The van der Waals surface area contributed by atoms with Crippen molar-refractivity contribution in [1.29, 1.82) is 0 Å². The highest BCUT2D eigenvalue weighted by Gasteiger charge is 2.21. The van der Waals surface area contributed by atoms with Crippen LogP contribution in [0.5, 0.6) is 0 Å². The lowest BCUT2D eigenvalue weighted by molar-refractivity contribution is 0.670. The Morgan fingerprint density at radius 3 is 1.13 bits per heavy atom. The maximum Gasteiger partial charge on any atom is 0.160 e. The topological polar surface area (TPSA) is 36.1 Å². The minimum atomic E-state index is 0.903. The lowest BCUT2D eigenvalue weighted by Crippen LogP contribution is -1.97. The van der Waals surface area contributed by atoms with E-state index in [2.05, 4.69) is 130 Å². The molecule has 0 aliphatic carbocycles. The number of hydrogen-bond acceptors (Lipinski definition) is 2. The third-order valence-electron chi connectivity index (χ3n) is 9.73. The molecule has 0 aliphatic rings. The minimum Gasteiger partial charge on any atom is -0.454 e. The van der Waals surface area contributed by atoms with Crippen LogP contribution in [0.4, 0.5) is 0 Å². The number of aromatic nitrogens is 2. The molecular weight excluding hydrogens is 564 g/mol. The first-order valence-electron chi connectivity index (χ1n) is 15.6. The van der Waals surface area contributed by atoms with E-state index >= 15 is 0 Å². The number of furan rings is 2. The molecule has 0 fully saturated rings. The quantitative estimate of drug-likeness (QED) is 0.201. The molecule has 0 bridgehead atoms. The van der Waals surface area contributed by atoms with Crippen LogP contribution in [-0.4, -0.2) is 9.13 Å².